The van der Waals surface area contributed by atoms with Crippen LogP contribution in [-0.4, -0.2) is 18.5 Å². The molecule has 1 aromatic rings. The number of unbranched alkanes of at least 4 members (excludes halogenated alkanes) is 1. The summed E-state index contributed by atoms with van der Waals surface area (Å²) < 4.78 is 38.4. The summed E-state index contributed by atoms with van der Waals surface area (Å²) in [5, 5.41) is 5.29. The smallest absolute Gasteiger partial charge is 0.373 e. The van der Waals surface area contributed by atoms with Crippen molar-refractivity contribution in [3.05, 3.63) is 29.8 Å². The highest BCUT2D eigenvalue weighted by molar-refractivity contribution is 5.84. The normalized spacial score (nSPS) is 12.8. The van der Waals surface area contributed by atoms with Gasteiger partial charge in [-0.2, -0.15) is 13.2 Å². The SMILES string of the molecule is CCCCNC(=O)C(C)Nc1ccccc1C(F)(F)F. The highest BCUT2D eigenvalue weighted by atomic mass is 19.4. The van der Waals surface area contributed by atoms with Gasteiger partial charge in [0.1, 0.15) is 6.04 Å². The summed E-state index contributed by atoms with van der Waals surface area (Å²) in [4.78, 5) is 11.7. The van der Waals surface area contributed by atoms with Crippen LogP contribution in [0.25, 0.3) is 0 Å². The summed E-state index contributed by atoms with van der Waals surface area (Å²) in [6, 6.07) is 4.40. The van der Waals surface area contributed by atoms with Crippen LogP contribution in [-0.2, 0) is 11.0 Å². The van der Waals surface area contributed by atoms with Crippen molar-refractivity contribution in [3.8, 4) is 0 Å². The van der Waals surface area contributed by atoms with Gasteiger partial charge in [0.25, 0.3) is 0 Å². The zero-order chi connectivity index (χ0) is 15.2. The van der Waals surface area contributed by atoms with Crippen LogP contribution in [0.2, 0.25) is 0 Å². The van der Waals surface area contributed by atoms with Crippen molar-refractivity contribution >= 4 is 11.6 Å². The third-order valence-electron chi connectivity index (χ3n) is 2.83. The average Bonchev–Trinajstić information content (AvgIpc) is 2.38. The first kappa shape index (κ1) is 16.3. The first-order chi connectivity index (χ1) is 9.36. The Hall–Kier alpha value is -1.72. The van der Waals surface area contributed by atoms with Crippen LogP contribution >= 0.6 is 0 Å². The molecule has 0 saturated carbocycles. The van der Waals surface area contributed by atoms with Crippen molar-refractivity contribution in [2.24, 2.45) is 0 Å². The van der Waals surface area contributed by atoms with Gasteiger partial charge in [0.15, 0.2) is 0 Å². The zero-order valence-corrected chi connectivity index (χ0v) is 11.6. The van der Waals surface area contributed by atoms with E-state index in [2.05, 4.69) is 10.6 Å². The van der Waals surface area contributed by atoms with Crippen LogP contribution in [0.1, 0.15) is 32.3 Å². The van der Waals surface area contributed by atoms with Crippen LogP contribution in [0.15, 0.2) is 24.3 Å². The highest BCUT2D eigenvalue weighted by Gasteiger charge is 2.33. The van der Waals surface area contributed by atoms with E-state index >= 15 is 0 Å². The topological polar surface area (TPSA) is 41.1 Å². The lowest BCUT2D eigenvalue weighted by atomic mass is 10.1. The number of hydrogen-bond donors (Lipinski definition) is 2. The molecule has 0 spiro atoms. The minimum atomic E-state index is -4.44. The second-order valence-corrected chi connectivity index (χ2v) is 4.55. The number of carbonyl (C=O) groups excluding carboxylic acids is 1. The number of benzene rings is 1. The second-order valence-electron chi connectivity index (χ2n) is 4.55. The van der Waals surface area contributed by atoms with Crippen molar-refractivity contribution in [2.75, 3.05) is 11.9 Å². The molecule has 0 radical (unpaired) electrons. The summed E-state index contributed by atoms with van der Waals surface area (Å²) in [5.74, 6) is -0.310. The van der Waals surface area contributed by atoms with E-state index in [4.69, 9.17) is 0 Å². The second kappa shape index (κ2) is 7.17. The largest absolute Gasteiger partial charge is 0.418 e. The maximum Gasteiger partial charge on any atom is 0.418 e. The molecule has 0 heterocycles. The molecule has 1 rings (SSSR count). The Bertz CT molecular complexity index is 446. The van der Waals surface area contributed by atoms with Gasteiger partial charge >= 0.3 is 6.18 Å². The summed E-state index contributed by atoms with van der Waals surface area (Å²) in [6.45, 7) is 4.06. The predicted octanol–water partition coefficient (Wildman–Crippen LogP) is 3.42. The van der Waals surface area contributed by atoms with E-state index in [1.165, 1.54) is 25.1 Å². The van der Waals surface area contributed by atoms with Gasteiger partial charge in [0, 0.05) is 12.2 Å². The van der Waals surface area contributed by atoms with E-state index in [0.717, 1.165) is 18.9 Å². The fourth-order valence-electron chi connectivity index (χ4n) is 1.70. The molecule has 0 fully saturated rings. The standard InChI is InChI=1S/C14H19F3N2O/c1-3-4-9-18-13(20)10(2)19-12-8-6-5-7-11(12)14(15,16)17/h5-8,10,19H,3-4,9H2,1-2H3,(H,18,20). The number of hydrogen-bond acceptors (Lipinski definition) is 2. The van der Waals surface area contributed by atoms with E-state index in [-0.39, 0.29) is 11.6 Å². The first-order valence-electron chi connectivity index (χ1n) is 6.56. The number of para-hydroxylation sites is 1. The monoisotopic (exact) mass is 288 g/mol. The average molecular weight is 288 g/mol. The zero-order valence-electron chi connectivity index (χ0n) is 11.6. The molecule has 0 aliphatic carbocycles. The van der Waals surface area contributed by atoms with E-state index in [1.807, 2.05) is 6.92 Å². The van der Waals surface area contributed by atoms with Gasteiger partial charge in [-0.15, -0.1) is 0 Å². The van der Waals surface area contributed by atoms with Crippen molar-refractivity contribution in [2.45, 2.75) is 38.9 Å². The lowest BCUT2D eigenvalue weighted by molar-refractivity contribution is -0.137. The molecule has 0 aliphatic rings. The number of anilines is 1. The minimum absolute atomic E-state index is 0.0851. The van der Waals surface area contributed by atoms with Crippen molar-refractivity contribution < 1.29 is 18.0 Å². The van der Waals surface area contributed by atoms with E-state index in [0.29, 0.717) is 6.54 Å². The molecule has 0 aliphatic heterocycles. The number of alkyl halides is 3. The maximum absolute atomic E-state index is 12.8. The third-order valence-corrected chi connectivity index (χ3v) is 2.83. The van der Waals surface area contributed by atoms with Crippen LogP contribution in [0.4, 0.5) is 18.9 Å². The lowest BCUT2D eigenvalue weighted by Gasteiger charge is -2.19. The summed E-state index contributed by atoms with van der Waals surface area (Å²) in [5.41, 5.74) is -0.855. The number of rotatable bonds is 6. The van der Waals surface area contributed by atoms with Crippen molar-refractivity contribution in [3.63, 3.8) is 0 Å². The van der Waals surface area contributed by atoms with Gasteiger partial charge in [0.2, 0.25) is 5.91 Å². The highest BCUT2D eigenvalue weighted by Crippen LogP contribution is 2.34. The van der Waals surface area contributed by atoms with Crippen molar-refractivity contribution in [1.29, 1.82) is 0 Å². The molecule has 2 N–H and O–H groups in total. The van der Waals surface area contributed by atoms with Crippen LogP contribution < -0.4 is 10.6 Å². The molecule has 6 heteroatoms. The fraction of sp³-hybridized carbons (Fsp3) is 0.500. The lowest BCUT2D eigenvalue weighted by Crippen LogP contribution is -2.38. The molecular formula is C14H19F3N2O. The molecule has 0 aromatic heterocycles. The Morgan fingerprint density at radius 2 is 1.95 bits per heavy atom. The van der Waals surface area contributed by atoms with E-state index < -0.39 is 17.8 Å². The van der Waals surface area contributed by atoms with Crippen LogP contribution in [0, 0.1) is 0 Å². The van der Waals surface area contributed by atoms with Gasteiger partial charge in [0.05, 0.1) is 5.56 Å². The third kappa shape index (κ3) is 4.75. The van der Waals surface area contributed by atoms with Gasteiger partial charge in [-0.1, -0.05) is 25.5 Å². The molecule has 112 valence electrons. The Morgan fingerprint density at radius 1 is 1.30 bits per heavy atom. The molecule has 1 amide bonds. The Labute approximate surface area is 116 Å². The Kier molecular flexibility index (Phi) is 5.85. The summed E-state index contributed by atoms with van der Waals surface area (Å²) in [6.07, 6.45) is -2.65. The summed E-state index contributed by atoms with van der Waals surface area (Å²) in [7, 11) is 0. The minimum Gasteiger partial charge on any atom is -0.373 e. The quantitative estimate of drug-likeness (QED) is 0.787. The molecule has 1 unspecified atom stereocenters. The van der Waals surface area contributed by atoms with Crippen LogP contribution in [0.5, 0.6) is 0 Å². The number of nitrogens with one attached hydrogen (secondary N) is 2. The van der Waals surface area contributed by atoms with E-state index in [1.54, 1.807) is 0 Å². The first-order valence-corrected chi connectivity index (χ1v) is 6.56. The van der Waals surface area contributed by atoms with Crippen LogP contribution in [0.3, 0.4) is 0 Å². The Balaban J connectivity index is 2.71. The number of halogens is 3. The maximum atomic E-state index is 12.8. The molecule has 1 atom stereocenters. The number of amides is 1. The molecule has 0 saturated heterocycles. The Morgan fingerprint density at radius 3 is 2.55 bits per heavy atom. The van der Waals surface area contributed by atoms with Gasteiger partial charge < -0.3 is 10.6 Å². The number of carbonyl (C=O) groups is 1. The molecule has 0 bridgehead atoms. The molecule has 20 heavy (non-hydrogen) atoms. The fourth-order valence-corrected chi connectivity index (χ4v) is 1.70. The van der Waals surface area contributed by atoms with Crippen molar-refractivity contribution in [1.82, 2.24) is 5.32 Å². The van der Waals surface area contributed by atoms with Gasteiger partial charge in [-0.25, -0.2) is 0 Å². The van der Waals surface area contributed by atoms with Gasteiger partial charge in [-0.05, 0) is 25.5 Å². The summed E-state index contributed by atoms with van der Waals surface area (Å²) >= 11 is 0. The predicted molar refractivity (Wildman–Crippen MR) is 72.4 cm³/mol. The molecule has 3 nitrogen and oxygen atoms in total. The van der Waals surface area contributed by atoms with Gasteiger partial charge in [-0.3, -0.25) is 4.79 Å². The molecular weight excluding hydrogens is 269 g/mol. The van der Waals surface area contributed by atoms with E-state index in [9.17, 15) is 18.0 Å². The molecule has 1 aromatic carbocycles.